The van der Waals surface area contributed by atoms with E-state index in [-0.39, 0.29) is 37.2 Å². The number of allylic oxidation sites excluding steroid dienone is 1. The molecule has 1 aromatic rings. The Bertz CT molecular complexity index is 889. The Hall–Kier alpha value is -2.87. The maximum absolute atomic E-state index is 12.9. The molecule has 1 saturated heterocycles. The smallest absolute Gasteiger partial charge is 0.447 e. The summed E-state index contributed by atoms with van der Waals surface area (Å²) >= 11 is 0. The first-order chi connectivity index (χ1) is 15.5. The Labute approximate surface area is 195 Å². The maximum atomic E-state index is 12.9. The summed E-state index contributed by atoms with van der Waals surface area (Å²) in [7, 11) is -1.78. The van der Waals surface area contributed by atoms with Gasteiger partial charge in [0.1, 0.15) is 18.2 Å². The number of rotatable bonds is 7. The average molecular weight is 457 g/mol. The van der Waals surface area contributed by atoms with E-state index >= 15 is 0 Å². The first kappa shape index (κ1) is 26.4. The largest absolute Gasteiger partial charge is 0.475 e. The van der Waals surface area contributed by atoms with Gasteiger partial charge in [-0.15, -0.1) is 0 Å². The number of aryl methyl sites for hydroxylation is 1. The third-order valence-electron chi connectivity index (χ3n) is 5.06. The molecule has 9 nitrogen and oxygen atoms in total. The summed E-state index contributed by atoms with van der Waals surface area (Å²) in [6, 6.07) is 8.88. The number of carbonyl (C=O) groups excluding carboxylic acids is 2. The highest BCUT2D eigenvalue weighted by Gasteiger charge is 2.32. The standard InChI is InChI=1S/C23H32BN3O6/c1-16-5-7-17(8-6-16)11-20(24(30)31)26-22(29)33-15-19-14-32-10-9-27(19)21(28)18(13-25)12-23(2,3)4/h5-8,12,19-20,30-31H,9-11,14-15H2,1-4H3,(H,26,29)/b18-12+/t19-,20+/m1/s1. The van der Waals surface area contributed by atoms with Crippen LogP contribution in [0.25, 0.3) is 0 Å². The number of nitrogens with zero attached hydrogens (tertiary/aromatic N) is 2. The molecule has 0 bridgehead atoms. The van der Waals surface area contributed by atoms with Crippen LogP contribution in [0, 0.1) is 23.7 Å². The van der Waals surface area contributed by atoms with Gasteiger partial charge in [0, 0.05) is 6.54 Å². The lowest BCUT2D eigenvalue weighted by Crippen LogP contribution is -2.53. The molecular formula is C23H32BN3O6. The molecule has 1 heterocycles. The molecule has 178 valence electrons. The Morgan fingerprint density at radius 1 is 1.36 bits per heavy atom. The zero-order valence-electron chi connectivity index (χ0n) is 19.6. The monoisotopic (exact) mass is 457 g/mol. The van der Waals surface area contributed by atoms with Crippen molar-refractivity contribution in [3.63, 3.8) is 0 Å². The molecule has 2 rings (SSSR count). The minimum absolute atomic E-state index is 0.0282. The predicted octanol–water partition coefficient (Wildman–Crippen LogP) is 1.37. The predicted molar refractivity (Wildman–Crippen MR) is 123 cm³/mol. The number of carbonyl (C=O) groups is 2. The van der Waals surface area contributed by atoms with Gasteiger partial charge in [0.05, 0.1) is 25.2 Å². The van der Waals surface area contributed by atoms with Crippen LogP contribution in [-0.2, 0) is 20.7 Å². The van der Waals surface area contributed by atoms with Gasteiger partial charge in [-0.2, -0.15) is 5.26 Å². The molecule has 0 radical (unpaired) electrons. The van der Waals surface area contributed by atoms with E-state index in [1.54, 1.807) is 6.08 Å². The molecule has 0 unspecified atom stereocenters. The van der Waals surface area contributed by atoms with Crippen molar-refractivity contribution in [2.24, 2.45) is 5.41 Å². The van der Waals surface area contributed by atoms with Crippen molar-refractivity contribution in [1.82, 2.24) is 10.2 Å². The molecule has 0 saturated carbocycles. The van der Waals surface area contributed by atoms with Gasteiger partial charge in [0.15, 0.2) is 0 Å². The van der Waals surface area contributed by atoms with Crippen LogP contribution in [-0.4, -0.2) is 72.4 Å². The highest BCUT2D eigenvalue weighted by atomic mass is 16.6. The van der Waals surface area contributed by atoms with Gasteiger partial charge in [-0.1, -0.05) is 56.7 Å². The fraction of sp³-hybridized carbons (Fsp3) is 0.522. The normalized spacial score (nSPS) is 17.7. The minimum Gasteiger partial charge on any atom is -0.447 e. The summed E-state index contributed by atoms with van der Waals surface area (Å²) in [6.45, 7) is 8.20. The molecule has 10 heteroatoms. The highest BCUT2D eigenvalue weighted by Crippen LogP contribution is 2.20. The SMILES string of the molecule is Cc1ccc(C[C@H](NC(=O)OC[C@H]2COCCN2C(=O)/C(C#N)=C/C(C)(C)C)B(O)O)cc1. The lowest BCUT2D eigenvalue weighted by molar-refractivity contribution is -0.137. The zero-order chi connectivity index (χ0) is 24.6. The lowest BCUT2D eigenvalue weighted by Gasteiger charge is -2.35. The van der Waals surface area contributed by atoms with E-state index in [1.807, 2.05) is 58.0 Å². The van der Waals surface area contributed by atoms with Gasteiger partial charge in [0.2, 0.25) is 0 Å². The van der Waals surface area contributed by atoms with Crippen molar-refractivity contribution in [1.29, 1.82) is 5.26 Å². The van der Waals surface area contributed by atoms with Crippen LogP contribution < -0.4 is 5.32 Å². The molecule has 1 fully saturated rings. The van der Waals surface area contributed by atoms with E-state index in [0.29, 0.717) is 6.61 Å². The van der Waals surface area contributed by atoms with Crippen LogP contribution >= 0.6 is 0 Å². The Morgan fingerprint density at radius 3 is 2.61 bits per heavy atom. The van der Waals surface area contributed by atoms with Crippen molar-refractivity contribution < 1.29 is 29.1 Å². The van der Waals surface area contributed by atoms with E-state index in [1.165, 1.54) is 4.90 Å². The van der Waals surface area contributed by atoms with Gasteiger partial charge in [-0.3, -0.25) is 4.79 Å². The summed E-state index contributed by atoms with van der Waals surface area (Å²) in [6.07, 6.45) is 0.977. The molecule has 2 atom stereocenters. The molecule has 1 aromatic carbocycles. The van der Waals surface area contributed by atoms with E-state index in [4.69, 9.17) is 9.47 Å². The quantitative estimate of drug-likeness (QED) is 0.320. The molecule has 0 aromatic heterocycles. The number of nitriles is 1. The molecule has 2 amide bonds. The fourth-order valence-corrected chi connectivity index (χ4v) is 3.36. The van der Waals surface area contributed by atoms with Crippen LogP contribution in [0.5, 0.6) is 0 Å². The molecule has 3 N–H and O–H groups in total. The number of benzene rings is 1. The maximum Gasteiger partial charge on any atom is 0.475 e. The van der Waals surface area contributed by atoms with Crippen molar-refractivity contribution in [3.8, 4) is 6.07 Å². The van der Waals surface area contributed by atoms with Crippen molar-refractivity contribution >= 4 is 19.1 Å². The van der Waals surface area contributed by atoms with E-state index in [2.05, 4.69) is 5.32 Å². The van der Waals surface area contributed by atoms with E-state index in [9.17, 15) is 24.9 Å². The van der Waals surface area contributed by atoms with Gasteiger partial charge in [0.25, 0.3) is 5.91 Å². The number of ether oxygens (including phenoxy) is 2. The summed E-state index contributed by atoms with van der Waals surface area (Å²) in [5.41, 5.74) is 1.57. The van der Waals surface area contributed by atoms with E-state index < -0.39 is 31.1 Å². The second kappa shape index (κ2) is 11.8. The molecule has 1 aliphatic rings. The Balaban J connectivity index is 1.99. The summed E-state index contributed by atoms with van der Waals surface area (Å²) < 4.78 is 10.7. The first-order valence-corrected chi connectivity index (χ1v) is 10.9. The lowest BCUT2D eigenvalue weighted by atomic mass is 9.76. The van der Waals surface area contributed by atoms with Gasteiger partial charge >= 0.3 is 13.2 Å². The average Bonchev–Trinajstić information content (AvgIpc) is 2.76. The molecule has 0 aliphatic carbocycles. The number of amides is 2. The fourth-order valence-electron chi connectivity index (χ4n) is 3.36. The topological polar surface area (TPSA) is 132 Å². The molecule has 1 aliphatic heterocycles. The number of alkyl carbamates (subject to hydrolysis) is 1. The van der Waals surface area contributed by atoms with Crippen LogP contribution in [0.2, 0.25) is 0 Å². The second-order valence-electron chi connectivity index (χ2n) is 9.22. The van der Waals surface area contributed by atoms with Crippen molar-refractivity contribution in [3.05, 3.63) is 47.0 Å². The minimum atomic E-state index is -1.78. The van der Waals surface area contributed by atoms with Crippen LogP contribution in [0.3, 0.4) is 0 Å². The van der Waals surface area contributed by atoms with Crippen LogP contribution in [0.4, 0.5) is 4.79 Å². The van der Waals surface area contributed by atoms with Gasteiger partial charge < -0.3 is 29.7 Å². The number of hydrogen-bond donors (Lipinski definition) is 3. The third kappa shape index (κ3) is 8.53. The summed E-state index contributed by atoms with van der Waals surface area (Å²) in [4.78, 5) is 26.7. The van der Waals surface area contributed by atoms with Gasteiger partial charge in [-0.25, -0.2) is 4.79 Å². The molecule has 0 spiro atoms. The van der Waals surface area contributed by atoms with E-state index in [0.717, 1.165) is 11.1 Å². The van der Waals surface area contributed by atoms with Crippen molar-refractivity contribution in [2.75, 3.05) is 26.4 Å². The molecular weight excluding hydrogens is 425 g/mol. The second-order valence-corrected chi connectivity index (χ2v) is 9.22. The first-order valence-electron chi connectivity index (χ1n) is 10.9. The third-order valence-corrected chi connectivity index (χ3v) is 5.06. The Kier molecular flexibility index (Phi) is 9.47. The van der Waals surface area contributed by atoms with Crippen molar-refractivity contribution in [2.45, 2.75) is 46.1 Å². The Morgan fingerprint density at radius 2 is 2.03 bits per heavy atom. The molecule has 33 heavy (non-hydrogen) atoms. The summed E-state index contributed by atoms with van der Waals surface area (Å²) in [5.74, 6) is -1.41. The van der Waals surface area contributed by atoms with Crippen LogP contribution in [0.1, 0.15) is 31.9 Å². The number of nitrogens with one attached hydrogen (secondary N) is 1. The zero-order valence-corrected chi connectivity index (χ0v) is 19.6. The van der Waals surface area contributed by atoms with Gasteiger partial charge in [-0.05, 0) is 24.3 Å². The van der Waals surface area contributed by atoms with Crippen LogP contribution in [0.15, 0.2) is 35.9 Å². The number of hydrogen-bond acceptors (Lipinski definition) is 7. The summed E-state index contributed by atoms with van der Waals surface area (Å²) in [5, 5.41) is 31.2. The highest BCUT2D eigenvalue weighted by molar-refractivity contribution is 6.43. The number of morpholine rings is 1.